The van der Waals surface area contributed by atoms with Crippen LogP contribution < -0.4 is 0 Å². The van der Waals surface area contributed by atoms with Gasteiger partial charge in [0.15, 0.2) is 0 Å². The van der Waals surface area contributed by atoms with Gasteiger partial charge in [0, 0.05) is 14.1 Å². The first-order chi connectivity index (χ1) is 11.3. The van der Waals surface area contributed by atoms with Gasteiger partial charge in [-0.2, -0.15) is 0 Å². The molecule has 0 aromatic rings. The van der Waals surface area contributed by atoms with E-state index in [1.54, 1.807) is 13.8 Å². The van der Waals surface area contributed by atoms with E-state index in [1.807, 2.05) is 6.92 Å². The highest BCUT2D eigenvalue weighted by Crippen LogP contribution is 2.08. The summed E-state index contributed by atoms with van der Waals surface area (Å²) in [4.78, 5) is 38.8. The Balaban J connectivity index is 4.55. The average Bonchev–Trinajstić information content (AvgIpc) is 2.59. The Labute approximate surface area is 145 Å². The largest absolute Gasteiger partial charge is 0.464 e. The predicted molar refractivity (Wildman–Crippen MR) is 91.6 cm³/mol. The van der Waals surface area contributed by atoms with E-state index in [-0.39, 0.29) is 5.91 Å². The molecule has 0 radical (unpaired) electrons. The molecule has 0 N–H and O–H groups in total. The van der Waals surface area contributed by atoms with Crippen LogP contribution in [0.1, 0.15) is 53.4 Å². The molecule has 0 aromatic carbocycles. The topological polar surface area (TPSA) is 76.2 Å². The summed E-state index contributed by atoms with van der Waals surface area (Å²) >= 11 is 0. The van der Waals surface area contributed by atoms with Gasteiger partial charge >= 0.3 is 12.1 Å². The molecule has 0 aromatic heterocycles. The van der Waals surface area contributed by atoms with Crippen LogP contribution in [0, 0.1) is 0 Å². The van der Waals surface area contributed by atoms with Gasteiger partial charge in [-0.1, -0.05) is 26.7 Å². The van der Waals surface area contributed by atoms with Crippen molar-refractivity contribution in [2.24, 2.45) is 0 Å². The molecule has 0 aliphatic heterocycles. The standard InChI is InChI=1S/C17H32N2O5/c1-7-9-10-12-23-16(21)14(4)18(5)15(20)13(3)19(6)17(22)24-11-8-2/h13-14H,7-12H2,1-6H3. The number of carbonyl (C=O) groups excluding carboxylic acids is 3. The minimum Gasteiger partial charge on any atom is -0.464 e. The summed E-state index contributed by atoms with van der Waals surface area (Å²) in [5, 5.41) is 0. The van der Waals surface area contributed by atoms with Crippen molar-refractivity contribution in [1.29, 1.82) is 0 Å². The summed E-state index contributed by atoms with van der Waals surface area (Å²) in [7, 11) is 3.03. The van der Waals surface area contributed by atoms with Crippen molar-refractivity contribution in [2.45, 2.75) is 65.5 Å². The first kappa shape index (κ1) is 22.2. The van der Waals surface area contributed by atoms with Crippen molar-refractivity contribution in [3.8, 4) is 0 Å². The highest BCUT2D eigenvalue weighted by Gasteiger charge is 2.31. The first-order valence-electron chi connectivity index (χ1n) is 8.60. The molecule has 0 aliphatic rings. The number of carbonyl (C=O) groups is 3. The Kier molecular flexibility index (Phi) is 10.8. The monoisotopic (exact) mass is 344 g/mol. The number of hydrogen-bond acceptors (Lipinski definition) is 5. The Morgan fingerprint density at radius 1 is 0.833 bits per heavy atom. The predicted octanol–water partition coefficient (Wildman–Crippen LogP) is 2.43. The van der Waals surface area contributed by atoms with Gasteiger partial charge in [-0.15, -0.1) is 0 Å². The normalized spacial score (nSPS) is 12.9. The molecule has 140 valence electrons. The van der Waals surface area contributed by atoms with Crippen LogP contribution in [0.5, 0.6) is 0 Å². The van der Waals surface area contributed by atoms with Crippen molar-refractivity contribution in [2.75, 3.05) is 27.3 Å². The van der Waals surface area contributed by atoms with Crippen LogP contribution in [-0.4, -0.2) is 67.2 Å². The highest BCUT2D eigenvalue weighted by molar-refractivity contribution is 5.89. The molecule has 7 heteroatoms. The van der Waals surface area contributed by atoms with E-state index in [2.05, 4.69) is 6.92 Å². The van der Waals surface area contributed by atoms with Gasteiger partial charge in [-0.3, -0.25) is 9.69 Å². The van der Waals surface area contributed by atoms with E-state index >= 15 is 0 Å². The summed E-state index contributed by atoms with van der Waals surface area (Å²) in [6, 6.07) is -1.43. The third kappa shape index (κ3) is 7.19. The summed E-state index contributed by atoms with van der Waals surface area (Å²) in [6.07, 6.45) is 3.01. The van der Waals surface area contributed by atoms with Crippen LogP contribution in [0.25, 0.3) is 0 Å². The molecular formula is C17H32N2O5. The van der Waals surface area contributed by atoms with Gasteiger partial charge in [-0.25, -0.2) is 9.59 Å². The Hall–Kier alpha value is -1.79. The molecule has 0 aliphatic carbocycles. The molecule has 24 heavy (non-hydrogen) atoms. The molecular weight excluding hydrogens is 312 g/mol. The average molecular weight is 344 g/mol. The van der Waals surface area contributed by atoms with Crippen molar-refractivity contribution >= 4 is 18.0 Å². The minimum absolute atomic E-state index is 0.306. The SMILES string of the molecule is CCCCCOC(=O)C(C)N(C)C(=O)C(C)N(C)C(=O)OCCC. The number of unbranched alkanes of at least 4 members (excludes halogenated alkanes) is 2. The van der Waals surface area contributed by atoms with Gasteiger partial charge in [0.05, 0.1) is 13.2 Å². The number of hydrogen-bond donors (Lipinski definition) is 0. The van der Waals surface area contributed by atoms with E-state index in [4.69, 9.17) is 9.47 Å². The Morgan fingerprint density at radius 2 is 1.46 bits per heavy atom. The molecule has 0 saturated heterocycles. The van der Waals surface area contributed by atoms with Crippen molar-refractivity contribution < 1.29 is 23.9 Å². The number of amides is 2. The maximum Gasteiger partial charge on any atom is 0.410 e. The van der Waals surface area contributed by atoms with E-state index < -0.39 is 24.1 Å². The zero-order chi connectivity index (χ0) is 18.7. The van der Waals surface area contributed by atoms with Crippen LogP contribution in [0.3, 0.4) is 0 Å². The van der Waals surface area contributed by atoms with E-state index in [0.29, 0.717) is 19.6 Å². The second-order valence-corrected chi connectivity index (χ2v) is 5.90. The zero-order valence-corrected chi connectivity index (χ0v) is 15.8. The number of esters is 1. The van der Waals surface area contributed by atoms with E-state index in [1.165, 1.54) is 23.9 Å². The van der Waals surface area contributed by atoms with Gasteiger partial charge in [0.2, 0.25) is 5.91 Å². The number of likely N-dealkylation sites (N-methyl/N-ethyl adjacent to an activating group) is 2. The van der Waals surface area contributed by atoms with Gasteiger partial charge in [0.1, 0.15) is 12.1 Å². The van der Waals surface area contributed by atoms with Crippen molar-refractivity contribution in [1.82, 2.24) is 9.80 Å². The van der Waals surface area contributed by atoms with Crippen LogP contribution in [-0.2, 0) is 19.1 Å². The zero-order valence-electron chi connectivity index (χ0n) is 15.8. The van der Waals surface area contributed by atoms with Crippen molar-refractivity contribution in [3.63, 3.8) is 0 Å². The number of rotatable bonds is 10. The Bertz CT molecular complexity index is 414. The Morgan fingerprint density at radius 3 is 2.00 bits per heavy atom. The fourth-order valence-corrected chi connectivity index (χ4v) is 1.90. The van der Waals surface area contributed by atoms with Crippen LogP contribution in [0.2, 0.25) is 0 Å². The molecule has 0 bridgehead atoms. The van der Waals surface area contributed by atoms with Crippen LogP contribution >= 0.6 is 0 Å². The number of ether oxygens (including phenoxy) is 2. The fraction of sp³-hybridized carbons (Fsp3) is 0.824. The molecule has 0 rings (SSSR count). The third-order valence-corrected chi connectivity index (χ3v) is 3.92. The lowest BCUT2D eigenvalue weighted by molar-refractivity contribution is -0.154. The lowest BCUT2D eigenvalue weighted by Gasteiger charge is -2.30. The molecule has 2 unspecified atom stereocenters. The summed E-state index contributed by atoms with van der Waals surface area (Å²) < 4.78 is 10.2. The molecule has 0 fully saturated rings. The van der Waals surface area contributed by atoms with Gasteiger partial charge in [0.25, 0.3) is 0 Å². The third-order valence-electron chi connectivity index (χ3n) is 3.92. The highest BCUT2D eigenvalue weighted by atomic mass is 16.6. The van der Waals surface area contributed by atoms with Crippen molar-refractivity contribution in [3.05, 3.63) is 0 Å². The fourth-order valence-electron chi connectivity index (χ4n) is 1.90. The first-order valence-corrected chi connectivity index (χ1v) is 8.60. The second-order valence-electron chi connectivity index (χ2n) is 5.90. The van der Waals surface area contributed by atoms with Gasteiger partial charge in [-0.05, 0) is 26.7 Å². The molecule has 2 atom stereocenters. The second kappa shape index (κ2) is 11.7. The van der Waals surface area contributed by atoms with E-state index in [0.717, 1.165) is 19.3 Å². The van der Waals surface area contributed by atoms with Crippen LogP contribution in [0.4, 0.5) is 4.79 Å². The van der Waals surface area contributed by atoms with Crippen LogP contribution in [0.15, 0.2) is 0 Å². The molecule has 0 heterocycles. The molecule has 0 saturated carbocycles. The quantitative estimate of drug-likeness (QED) is 0.449. The lowest BCUT2D eigenvalue weighted by Crippen LogP contribution is -2.51. The molecule has 7 nitrogen and oxygen atoms in total. The lowest BCUT2D eigenvalue weighted by atomic mass is 10.2. The minimum atomic E-state index is -0.727. The maximum atomic E-state index is 12.5. The smallest absolute Gasteiger partial charge is 0.410 e. The van der Waals surface area contributed by atoms with Gasteiger partial charge < -0.3 is 14.4 Å². The summed E-state index contributed by atoms with van der Waals surface area (Å²) in [5.74, 6) is -0.783. The molecule has 0 spiro atoms. The summed E-state index contributed by atoms with van der Waals surface area (Å²) in [5.41, 5.74) is 0. The molecule has 2 amide bonds. The maximum absolute atomic E-state index is 12.5. The van der Waals surface area contributed by atoms with E-state index in [9.17, 15) is 14.4 Å². The summed E-state index contributed by atoms with van der Waals surface area (Å²) in [6.45, 7) is 7.84. The number of nitrogens with zero attached hydrogens (tertiary/aromatic N) is 2.